The van der Waals surface area contributed by atoms with Gasteiger partial charge in [0.1, 0.15) is 5.82 Å². The third-order valence-corrected chi connectivity index (χ3v) is 2.34. The number of nitrogens with two attached hydrogens (primary N) is 1. The van der Waals surface area contributed by atoms with E-state index in [1.54, 1.807) is 0 Å². The van der Waals surface area contributed by atoms with Crippen molar-refractivity contribution in [2.75, 3.05) is 5.73 Å². The van der Waals surface area contributed by atoms with Crippen LogP contribution in [0, 0.1) is 4.77 Å². The lowest BCUT2D eigenvalue weighted by atomic mass is 10.1. The smallest absolute Gasteiger partial charge is 0.369 e. The molecule has 0 radical (unpaired) electrons. The van der Waals surface area contributed by atoms with Gasteiger partial charge in [-0.2, -0.15) is 18.2 Å². The van der Waals surface area contributed by atoms with Crippen LogP contribution in [-0.2, 0) is 6.18 Å². The van der Waals surface area contributed by atoms with Crippen LogP contribution in [0.1, 0.15) is 5.56 Å². The second kappa shape index (κ2) is 4.37. The maximum Gasteiger partial charge on any atom is 0.416 e. The van der Waals surface area contributed by atoms with Gasteiger partial charge in [0, 0.05) is 5.56 Å². The van der Waals surface area contributed by atoms with Crippen molar-refractivity contribution in [3.8, 4) is 11.4 Å². The van der Waals surface area contributed by atoms with Gasteiger partial charge in [0.05, 0.1) is 5.56 Å². The molecule has 0 aliphatic rings. The quantitative estimate of drug-likeness (QED) is 0.783. The first-order valence-electron chi connectivity index (χ1n) is 4.78. The second-order valence-electron chi connectivity index (χ2n) is 3.44. The van der Waals surface area contributed by atoms with E-state index in [-0.39, 0.29) is 16.5 Å². The van der Waals surface area contributed by atoms with Gasteiger partial charge < -0.3 is 10.7 Å². The van der Waals surface area contributed by atoms with Crippen LogP contribution in [0.4, 0.5) is 19.1 Å². The lowest BCUT2D eigenvalue weighted by Gasteiger charge is -2.07. The Balaban J connectivity index is 2.43. The summed E-state index contributed by atoms with van der Waals surface area (Å²) in [6.45, 7) is 0. The summed E-state index contributed by atoms with van der Waals surface area (Å²) >= 11 is 4.77. The van der Waals surface area contributed by atoms with Crippen molar-refractivity contribution in [1.29, 1.82) is 0 Å². The molecule has 0 unspecified atom stereocenters. The Morgan fingerprint density at radius 3 is 2.22 bits per heavy atom. The molecule has 0 fully saturated rings. The van der Waals surface area contributed by atoms with Crippen LogP contribution < -0.4 is 5.73 Å². The van der Waals surface area contributed by atoms with E-state index in [1.807, 2.05) is 0 Å². The normalized spacial score (nSPS) is 11.5. The minimum atomic E-state index is -4.36. The van der Waals surface area contributed by atoms with Crippen molar-refractivity contribution in [3.05, 3.63) is 34.6 Å². The number of halogens is 3. The van der Waals surface area contributed by atoms with Crippen LogP contribution in [0.3, 0.4) is 0 Å². The van der Waals surface area contributed by atoms with E-state index in [0.29, 0.717) is 5.56 Å². The van der Waals surface area contributed by atoms with Gasteiger partial charge in [0.2, 0.25) is 10.7 Å². The SMILES string of the molecule is Nc1nc(=S)nc(-c2ccc(C(F)(F)F)cc2)[nH]1. The zero-order valence-electron chi connectivity index (χ0n) is 8.82. The van der Waals surface area contributed by atoms with E-state index < -0.39 is 11.7 Å². The monoisotopic (exact) mass is 272 g/mol. The van der Waals surface area contributed by atoms with E-state index in [1.165, 1.54) is 12.1 Å². The molecule has 0 saturated carbocycles. The summed E-state index contributed by atoms with van der Waals surface area (Å²) in [6.07, 6.45) is -4.36. The summed E-state index contributed by atoms with van der Waals surface area (Å²) in [7, 11) is 0. The van der Waals surface area contributed by atoms with Crippen LogP contribution in [0.15, 0.2) is 24.3 Å². The fraction of sp³-hybridized carbons (Fsp3) is 0.100. The molecule has 1 aromatic heterocycles. The number of hydrogen-bond donors (Lipinski definition) is 2. The lowest BCUT2D eigenvalue weighted by molar-refractivity contribution is -0.137. The molecule has 4 nitrogen and oxygen atoms in total. The summed E-state index contributed by atoms with van der Waals surface area (Å²) in [4.78, 5) is 10.2. The first-order chi connectivity index (χ1) is 8.36. The molecule has 2 aromatic rings. The van der Waals surface area contributed by atoms with Gasteiger partial charge in [-0.1, -0.05) is 12.1 Å². The van der Waals surface area contributed by atoms with Gasteiger partial charge in [-0.05, 0) is 24.4 Å². The average molecular weight is 272 g/mol. The van der Waals surface area contributed by atoms with E-state index in [4.69, 9.17) is 18.0 Å². The Kier molecular flexibility index (Phi) is 3.04. The van der Waals surface area contributed by atoms with Crippen LogP contribution in [0.25, 0.3) is 11.4 Å². The van der Waals surface area contributed by atoms with Crippen LogP contribution in [0.2, 0.25) is 0 Å². The number of anilines is 1. The molecular formula is C10H7F3N4S. The molecule has 0 bridgehead atoms. The maximum absolute atomic E-state index is 12.4. The molecule has 1 aromatic carbocycles. The second-order valence-corrected chi connectivity index (χ2v) is 3.81. The zero-order chi connectivity index (χ0) is 13.3. The number of rotatable bonds is 1. The number of hydrogen-bond acceptors (Lipinski definition) is 4. The predicted molar refractivity (Wildman–Crippen MR) is 62.1 cm³/mol. The molecule has 8 heteroatoms. The Bertz CT molecular complexity index is 618. The molecule has 0 spiro atoms. The van der Waals surface area contributed by atoms with Gasteiger partial charge in [0.25, 0.3) is 0 Å². The molecule has 0 amide bonds. The highest BCUT2D eigenvalue weighted by Gasteiger charge is 2.30. The molecule has 1 heterocycles. The number of aromatic amines is 1. The largest absolute Gasteiger partial charge is 0.416 e. The third kappa shape index (κ3) is 2.65. The van der Waals surface area contributed by atoms with Gasteiger partial charge >= 0.3 is 6.18 Å². The Morgan fingerprint density at radius 2 is 1.72 bits per heavy atom. The summed E-state index contributed by atoms with van der Waals surface area (Å²) in [6, 6.07) is 4.50. The van der Waals surface area contributed by atoms with Gasteiger partial charge in [-0.3, -0.25) is 0 Å². The van der Waals surface area contributed by atoms with Crippen LogP contribution >= 0.6 is 12.2 Å². The Labute approximate surface area is 105 Å². The van der Waals surface area contributed by atoms with Gasteiger partial charge in [-0.15, -0.1) is 0 Å². The number of aromatic nitrogens is 3. The summed E-state index contributed by atoms with van der Waals surface area (Å²) < 4.78 is 37.2. The fourth-order valence-electron chi connectivity index (χ4n) is 1.35. The van der Waals surface area contributed by atoms with E-state index in [0.717, 1.165) is 12.1 Å². The molecule has 0 aliphatic carbocycles. The van der Waals surface area contributed by atoms with Crippen molar-refractivity contribution in [2.24, 2.45) is 0 Å². The summed E-state index contributed by atoms with van der Waals surface area (Å²) in [5, 5.41) is 0. The van der Waals surface area contributed by atoms with Crippen LogP contribution in [0.5, 0.6) is 0 Å². The van der Waals surface area contributed by atoms with E-state index in [9.17, 15) is 13.2 Å². The first kappa shape index (κ1) is 12.5. The van der Waals surface area contributed by atoms with Gasteiger partial charge in [0.15, 0.2) is 0 Å². The highest BCUT2D eigenvalue weighted by Crippen LogP contribution is 2.30. The molecule has 18 heavy (non-hydrogen) atoms. The minimum Gasteiger partial charge on any atom is -0.369 e. The first-order valence-corrected chi connectivity index (χ1v) is 5.18. The fourth-order valence-corrected chi connectivity index (χ4v) is 1.54. The van der Waals surface area contributed by atoms with Gasteiger partial charge in [-0.25, -0.2) is 4.98 Å². The van der Waals surface area contributed by atoms with Crippen molar-refractivity contribution in [3.63, 3.8) is 0 Å². The number of H-pyrrole nitrogens is 1. The third-order valence-electron chi connectivity index (χ3n) is 2.16. The topological polar surface area (TPSA) is 67.6 Å². The molecule has 3 N–H and O–H groups in total. The predicted octanol–water partition coefficient (Wildman–Crippen LogP) is 2.80. The number of nitrogens with one attached hydrogen (secondary N) is 1. The minimum absolute atomic E-state index is 0.0288. The highest BCUT2D eigenvalue weighted by atomic mass is 32.1. The summed E-state index contributed by atoms with van der Waals surface area (Å²) in [5.41, 5.74) is 5.16. The van der Waals surface area contributed by atoms with Crippen molar-refractivity contribution in [1.82, 2.24) is 15.0 Å². The van der Waals surface area contributed by atoms with Crippen molar-refractivity contribution < 1.29 is 13.2 Å². The molecule has 0 saturated heterocycles. The van der Waals surface area contributed by atoms with Crippen molar-refractivity contribution in [2.45, 2.75) is 6.18 Å². The molecular weight excluding hydrogens is 265 g/mol. The zero-order valence-corrected chi connectivity index (χ0v) is 9.64. The average Bonchev–Trinajstić information content (AvgIpc) is 2.27. The molecule has 0 aliphatic heterocycles. The molecule has 94 valence electrons. The summed E-state index contributed by atoms with van der Waals surface area (Å²) in [5.74, 6) is 0.339. The number of nitrogens with zero attached hydrogens (tertiary/aromatic N) is 2. The standard InChI is InChI=1S/C10H7F3N4S/c11-10(12,13)6-3-1-5(2-4-6)7-15-8(14)17-9(18)16-7/h1-4H,(H3,14,15,16,17,18). The van der Waals surface area contributed by atoms with Crippen molar-refractivity contribution >= 4 is 18.2 Å². The number of nitrogen functional groups attached to an aromatic ring is 1. The van der Waals surface area contributed by atoms with Crippen LogP contribution in [-0.4, -0.2) is 15.0 Å². The molecule has 2 rings (SSSR count). The Hall–Kier alpha value is -1.96. The number of benzene rings is 1. The lowest BCUT2D eigenvalue weighted by Crippen LogP contribution is -2.04. The Morgan fingerprint density at radius 1 is 1.11 bits per heavy atom. The number of alkyl halides is 3. The molecule has 0 atom stereocenters. The van der Waals surface area contributed by atoms with E-state index >= 15 is 0 Å². The maximum atomic E-state index is 12.4. The van der Waals surface area contributed by atoms with E-state index in [2.05, 4.69) is 15.0 Å². The highest BCUT2D eigenvalue weighted by molar-refractivity contribution is 7.71.